The van der Waals surface area contributed by atoms with Crippen molar-refractivity contribution in [2.75, 3.05) is 13.7 Å². The average molecular weight is 356 g/mol. The van der Waals surface area contributed by atoms with Gasteiger partial charge in [0.1, 0.15) is 6.61 Å². The van der Waals surface area contributed by atoms with Gasteiger partial charge in [-0.05, 0) is 36.8 Å². The third kappa shape index (κ3) is 3.34. The van der Waals surface area contributed by atoms with Crippen LogP contribution in [0.2, 0.25) is 0 Å². The summed E-state index contributed by atoms with van der Waals surface area (Å²) in [6, 6.07) is 5.56. The predicted octanol–water partition coefficient (Wildman–Crippen LogP) is 2.11. The Hall–Kier alpha value is -2.70. The van der Waals surface area contributed by atoms with E-state index in [1.807, 2.05) is 36.1 Å². The van der Waals surface area contributed by atoms with Crippen LogP contribution in [0.15, 0.2) is 24.4 Å². The highest BCUT2D eigenvalue weighted by molar-refractivity contribution is 5.74. The van der Waals surface area contributed by atoms with Crippen LogP contribution in [0.4, 0.5) is 4.79 Å². The molecular weight excluding hydrogens is 332 g/mol. The molecule has 138 valence electrons. The lowest BCUT2D eigenvalue weighted by molar-refractivity contribution is 0.209. The van der Waals surface area contributed by atoms with E-state index in [0.717, 1.165) is 29.2 Å². The van der Waals surface area contributed by atoms with Crippen molar-refractivity contribution in [3.8, 4) is 11.5 Å². The largest absolute Gasteiger partial charge is 0.493 e. The maximum absolute atomic E-state index is 12.3. The zero-order valence-corrected chi connectivity index (χ0v) is 15.1. The molecule has 2 heterocycles. The van der Waals surface area contributed by atoms with Gasteiger partial charge in [0, 0.05) is 12.6 Å². The Morgan fingerprint density at radius 1 is 1.42 bits per heavy atom. The van der Waals surface area contributed by atoms with E-state index in [1.54, 1.807) is 7.11 Å². The van der Waals surface area contributed by atoms with Crippen molar-refractivity contribution in [1.82, 2.24) is 20.4 Å². The molecule has 2 N–H and O–H groups in total. The molecule has 1 aliphatic carbocycles. The maximum Gasteiger partial charge on any atom is 0.315 e. The molecule has 1 atom stereocenters. The van der Waals surface area contributed by atoms with Gasteiger partial charge in [0.15, 0.2) is 11.5 Å². The van der Waals surface area contributed by atoms with Gasteiger partial charge >= 0.3 is 6.03 Å². The number of urea groups is 1. The van der Waals surface area contributed by atoms with E-state index in [9.17, 15) is 4.79 Å². The number of hydrogen-bond donors (Lipinski definition) is 2. The number of para-hydroxylation sites is 1. The van der Waals surface area contributed by atoms with Crippen molar-refractivity contribution in [3.05, 3.63) is 41.2 Å². The molecule has 7 heteroatoms. The van der Waals surface area contributed by atoms with Crippen LogP contribution in [0.25, 0.3) is 0 Å². The van der Waals surface area contributed by atoms with Crippen LogP contribution in [0.5, 0.6) is 11.5 Å². The minimum Gasteiger partial charge on any atom is -0.493 e. The second-order valence-electron chi connectivity index (χ2n) is 6.93. The number of benzene rings is 1. The first-order valence-electron chi connectivity index (χ1n) is 8.99. The molecule has 2 aliphatic rings. The molecule has 1 saturated carbocycles. The van der Waals surface area contributed by atoms with Gasteiger partial charge in [-0.2, -0.15) is 5.10 Å². The number of rotatable bonds is 5. The summed E-state index contributed by atoms with van der Waals surface area (Å²) in [6.45, 7) is 0.909. The molecule has 0 spiro atoms. The summed E-state index contributed by atoms with van der Waals surface area (Å²) < 4.78 is 13.0. The summed E-state index contributed by atoms with van der Waals surface area (Å²) in [4.78, 5) is 12.3. The van der Waals surface area contributed by atoms with Crippen LogP contribution in [0.1, 0.15) is 35.6 Å². The number of ether oxygens (including phenoxy) is 2. The number of nitrogens with one attached hydrogen (secondary N) is 2. The fraction of sp³-hybridized carbons (Fsp3) is 0.474. The second kappa shape index (κ2) is 6.90. The van der Waals surface area contributed by atoms with Crippen molar-refractivity contribution in [2.45, 2.75) is 37.8 Å². The van der Waals surface area contributed by atoms with Crippen LogP contribution in [-0.2, 0) is 20.0 Å². The molecule has 1 fully saturated rings. The van der Waals surface area contributed by atoms with E-state index in [0.29, 0.717) is 19.1 Å². The summed E-state index contributed by atoms with van der Waals surface area (Å²) >= 11 is 0. The number of aryl methyl sites for hydroxylation is 1. The molecule has 0 bridgehead atoms. The molecule has 2 aromatic rings. The van der Waals surface area contributed by atoms with Crippen molar-refractivity contribution >= 4 is 6.03 Å². The Morgan fingerprint density at radius 3 is 3.04 bits per heavy atom. The minimum atomic E-state index is -0.187. The molecule has 0 saturated heterocycles. The number of methoxy groups -OCH3 is 1. The number of nitrogens with zero attached hydrogens (tertiary/aromatic N) is 2. The summed E-state index contributed by atoms with van der Waals surface area (Å²) in [7, 11) is 3.55. The molecule has 0 radical (unpaired) electrons. The maximum atomic E-state index is 12.3. The first kappa shape index (κ1) is 16.8. The smallest absolute Gasteiger partial charge is 0.315 e. The van der Waals surface area contributed by atoms with Gasteiger partial charge in [-0.15, -0.1) is 0 Å². The van der Waals surface area contributed by atoms with Gasteiger partial charge in [0.2, 0.25) is 0 Å². The lowest BCUT2D eigenvalue weighted by Crippen LogP contribution is -2.47. The first-order chi connectivity index (χ1) is 12.7. The Kier molecular flexibility index (Phi) is 4.44. The monoisotopic (exact) mass is 356 g/mol. The fourth-order valence-electron chi connectivity index (χ4n) is 3.48. The zero-order chi connectivity index (χ0) is 18.1. The van der Waals surface area contributed by atoms with Gasteiger partial charge in [0.05, 0.1) is 31.6 Å². The normalized spacial score (nSPS) is 18.6. The number of amides is 2. The Balaban J connectivity index is 1.34. The molecule has 26 heavy (non-hydrogen) atoms. The summed E-state index contributed by atoms with van der Waals surface area (Å²) in [5.41, 5.74) is 3.39. The van der Waals surface area contributed by atoms with Crippen molar-refractivity contribution in [1.29, 1.82) is 0 Å². The first-order valence-corrected chi connectivity index (χ1v) is 8.99. The molecule has 7 nitrogen and oxygen atoms in total. The third-order valence-electron chi connectivity index (χ3n) is 5.04. The van der Waals surface area contributed by atoms with E-state index in [2.05, 4.69) is 15.7 Å². The summed E-state index contributed by atoms with van der Waals surface area (Å²) in [5, 5.41) is 10.3. The van der Waals surface area contributed by atoms with Crippen molar-refractivity contribution in [3.63, 3.8) is 0 Å². The molecule has 2 amide bonds. The van der Waals surface area contributed by atoms with Crippen LogP contribution < -0.4 is 20.1 Å². The lowest BCUT2D eigenvalue weighted by Gasteiger charge is -2.27. The van der Waals surface area contributed by atoms with Crippen LogP contribution >= 0.6 is 0 Å². The Labute approximate surface area is 152 Å². The highest BCUT2D eigenvalue weighted by Crippen LogP contribution is 2.41. The second-order valence-corrected chi connectivity index (χ2v) is 6.93. The van der Waals surface area contributed by atoms with E-state index in [1.165, 1.54) is 18.4 Å². The number of carbonyl (C=O) groups is 1. The number of hydrogen-bond acceptors (Lipinski definition) is 4. The third-order valence-corrected chi connectivity index (χ3v) is 5.04. The van der Waals surface area contributed by atoms with Gasteiger partial charge in [0.25, 0.3) is 0 Å². The zero-order valence-electron chi connectivity index (χ0n) is 15.1. The van der Waals surface area contributed by atoms with E-state index >= 15 is 0 Å². The molecule has 1 aromatic heterocycles. The number of fused-ring (bicyclic) bond motifs is 1. The highest BCUT2D eigenvalue weighted by Gasteiger charge is 2.28. The highest BCUT2D eigenvalue weighted by atomic mass is 16.5. The predicted molar refractivity (Wildman–Crippen MR) is 96.5 cm³/mol. The molecule has 1 aliphatic heterocycles. The average Bonchev–Trinajstić information content (AvgIpc) is 3.42. The number of aromatic nitrogens is 2. The SMILES string of the molecule is COc1cccc2c1OCC(NC(=O)NCc1c(C3CC3)cnn1C)C2. The van der Waals surface area contributed by atoms with Crippen molar-refractivity contribution < 1.29 is 14.3 Å². The van der Waals surface area contributed by atoms with Crippen LogP contribution in [0, 0.1) is 0 Å². The Bertz CT molecular complexity index is 813. The fourth-order valence-corrected chi connectivity index (χ4v) is 3.48. The van der Waals surface area contributed by atoms with Gasteiger partial charge in [-0.25, -0.2) is 4.79 Å². The molecule has 1 unspecified atom stereocenters. The number of carbonyl (C=O) groups excluding carboxylic acids is 1. The van der Waals surface area contributed by atoms with Crippen LogP contribution in [0.3, 0.4) is 0 Å². The van der Waals surface area contributed by atoms with Crippen LogP contribution in [-0.4, -0.2) is 35.6 Å². The summed E-state index contributed by atoms with van der Waals surface area (Å²) in [6.07, 6.45) is 5.07. The lowest BCUT2D eigenvalue weighted by atomic mass is 10.0. The van der Waals surface area contributed by atoms with Crippen molar-refractivity contribution in [2.24, 2.45) is 7.05 Å². The molecule has 1 aromatic carbocycles. The standard InChI is InChI=1S/C19H24N4O3/c1-23-16(15(9-21-23)12-6-7-12)10-20-19(24)22-14-8-13-4-3-5-17(25-2)18(13)26-11-14/h3-5,9,12,14H,6-8,10-11H2,1-2H3,(H2,20,22,24). The van der Waals surface area contributed by atoms with E-state index in [4.69, 9.17) is 9.47 Å². The summed E-state index contributed by atoms with van der Waals surface area (Å²) in [5.74, 6) is 2.12. The van der Waals surface area contributed by atoms with Gasteiger partial charge in [-0.3, -0.25) is 4.68 Å². The molecule has 4 rings (SSSR count). The van der Waals surface area contributed by atoms with E-state index in [-0.39, 0.29) is 12.1 Å². The topological polar surface area (TPSA) is 77.4 Å². The molecular formula is C19H24N4O3. The minimum absolute atomic E-state index is 0.0657. The van der Waals surface area contributed by atoms with E-state index < -0.39 is 0 Å². The Morgan fingerprint density at radius 2 is 2.27 bits per heavy atom. The quantitative estimate of drug-likeness (QED) is 0.860. The van der Waals surface area contributed by atoms with Gasteiger partial charge in [-0.1, -0.05) is 12.1 Å². The van der Waals surface area contributed by atoms with Gasteiger partial charge < -0.3 is 20.1 Å².